The first-order valence-corrected chi connectivity index (χ1v) is 9.82. The van der Waals surface area contributed by atoms with Crippen LogP contribution in [0.5, 0.6) is 5.75 Å². The molecule has 7 nitrogen and oxygen atoms in total. The number of hydrogen-bond acceptors (Lipinski definition) is 5. The molecule has 158 valence electrons. The number of nitrogens with one attached hydrogen (secondary N) is 1. The molecule has 1 amide bonds. The Morgan fingerprint density at radius 1 is 0.935 bits per heavy atom. The lowest BCUT2D eigenvalue weighted by Gasteiger charge is -2.27. The van der Waals surface area contributed by atoms with Crippen molar-refractivity contribution in [1.82, 2.24) is 0 Å². The summed E-state index contributed by atoms with van der Waals surface area (Å²) in [7, 11) is 1.56. The second-order valence-electron chi connectivity index (χ2n) is 7.12. The highest BCUT2D eigenvalue weighted by Crippen LogP contribution is 2.43. The lowest BCUT2D eigenvalue weighted by molar-refractivity contribution is -0.151. The van der Waals surface area contributed by atoms with Crippen molar-refractivity contribution in [3.05, 3.63) is 90.5 Å². The van der Waals surface area contributed by atoms with Gasteiger partial charge in [0, 0.05) is 5.69 Å². The number of carbonyl (C=O) groups is 2. The zero-order valence-electron chi connectivity index (χ0n) is 16.8. The van der Waals surface area contributed by atoms with Gasteiger partial charge >= 0.3 is 5.97 Å². The summed E-state index contributed by atoms with van der Waals surface area (Å²) in [6, 6.07) is 24.7. The fourth-order valence-electron chi connectivity index (χ4n) is 3.73. The minimum absolute atomic E-state index is 0.440. The molecule has 2 N–H and O–H groups in total. The van der Waals surface area contributed by atoms with Crippen LogP contribution in [0.2, 0.25) is 0 Å². The molecule has 7 heteroatoms. The van der Waals surface area contributed by atoms with E-state index in [9.17, 15) is 14.7 Å². The van der Waals surface area contributed by atoms with Gasteiger partial charge in [-0.15, -0.1) is 0 Å². The van der Waals surface area contributed by atoms with Crippen LogP contribution in [-0.4, -0.2) is 30.2 Å². The molecule has 3 aromatic rings. The Morgan fingerprint density at radius 2 is 1.55 bits per heavy atom. The molecule has 0 aromatic heterocycles. The zero-order valence-corrected chi connectivity index (χ0v) is 16.8. The Kier molecular flexibility index (Phi) is 5.86. The van der Waals surface area contributed by atoms with Gasteiger partial charge in [-0.25, -0.2) is 9.86 Å². The summed E-state index contributed by atoms with van der Waals surface area (Å²) in [5, 5.41) is 14.2. The minimum Gasteiger partial charge on any atom is -0.497 e. The third-order valence-electron chi connectivity index (χ3n) is 5.20. The van der Waals surface area contributed by atoms with Crippen LogP contribution in [0.4, 0.5) is 11.4 Å². The molecule has 0 radical (unpaired) electrons. The molecule has 0 unspecified atom stereocenters. The van der Waals surface area contributed by atoms with Gasteiger partial charge in [-0.3, -0.25) is 9.63 Å². The van der Waals surface area contributed by atoms with Gasteiger partial charge in [0.1, 0.15) is 11.7 Å². The highest BCUT2D eigenvalue weighted by molar-refractivity contribution is 5.97. The molecule has 1 aliphatic heterocycles. The van der Waals surface area contributed by atoms with Crippen LogP contribution in [0.1, 0.15) is 11.6 Å². The summed E-state index contributed by atoms with van der Waals surface area (Å²) >= 11 is 0. The number of methoxy groups -OCH3 is 1. The number of benzene rings is 3. The fraction of sp³-hybridized carbons (Fsp3) is 0.167. The first kappa shape index (κ1) is 20.4. The van der Waals surface area contributed by atoms with E-state index in [1.165, 1.54) is 5.06 Å². The molecule has 3 aromatic carbocycles. The molecule has 1 heterocycles. The third kappa shape index (κ3) is 4.22. The summed E-state index contributed by atoms with van der Waals surface area (Å²) in [5.41, 5.74) is 1.99. The van der Waals surface area contributed by atoms with E-state index < -0.39 is 29.9 Å². The van der Waals surface area contributed by atoms with Gasteiger partial charge in [0.2, 0.25) is 5.91 Å². The minimum atomic E-state index is -1.34. The van der Waals surface area contributed by atoms with Crippen molar-refractivity contribution in [1.29, 1.82) is 0 Å². The van der Waals surface area contributed by atoms with Crippen LogP contribution in [0.15, 0.2) is 84.9 Å². The molecular weight excluding hydrogens is 396 g/mol. The molecule has 0 spiro atoms. The maximum absolute atomic E-state index is 13.3. The van der Waals surface area contributed by atoms with E-state index in [-0.39, 0.29) is 0 Å². The number of amides is 1. The molecule has 31 heavy (non-hydrogen) atoms. The highest BCUT2D eigenvalue weighted by atomic mass is 16.7. The summed E-state index contributed by atoms with van der Waals surface area (Å²) in [5.74, 6) is -1.97. The number of carboxylic acids is 1. The Labute approximate surface area is 179 Å². The SMILES string of the molecule is COc1ccc(NC(=O)[C@@H]2[C@@H](c3ccccc3)N(c3ccccc3)O[C@H]2C(=O)O)cc1. The Balaban J connectivity index is 1.72. The van der Waals surface area contributed by atoms with Crippen molar-refractivity contribution in [3.63, 3.8) is 0 Å². The first-order valence-electron chi connectivity index (χ1n) is 9.82. The van der Waals surface area contributed by atoms with Gasteiger partial charge in [-0.05, 0) is 42.0 Å². The van der Waals surface area contributed by atoms with Crippen molar-refractivity contribution < 1.29 is 24.3 Å². The van der Waals surface area contributed by atoms with E-state index in [0.717, 1.165) is 5.56 Å². The summed E-state index contributed by atoms with van der Waals surface area (Å²) in [6.07, 6.45) is -1.34. The monoisotopic (exact) mass is 418 g/mol. The van der Waals surface area contributed by atoms with Gasteiger partial charge in [-0.1, -0.05) is 48.5 Å². The number of nitrogens with zero attached hydrogens (tertiary/aromatic N) is 1. The predicted molar refractivity (Wildman–Crippen MR) is 116 cm³/mol. The van der Waals surface area contributed by atoms with Gasteiger partial charge in [-0.2, -0.15) is 0 Å². The number of ether oxygens (including phenoxy) is 1. The van der Waals surface area contributed by atoms with E-state index in [2.05, 4.69) is 5.32 Å². The number of para-hydroxylation sites is 1. The van der Waals surface area contributed by atoms with Crippen molar-refractivity contribution in [2.24, 2.45) is 5.92 Å². The zero-order chi connectivity index (χ0) is 21.8. The molecule has 1 aliphatic rings. The molecule has 0 saturated carbocycles. The number of carbonyl (C=O) groups excluding carboxylic acids is 1. The summed E-state index contributed by atoms with van der Waals surface area (Å²) < 4.78 is 5.14. The first-order chi connectivity index (χ1) is 15.1. The maximum atomic E-state index is 13.3. The number of carboxylic acid groups (broad SMARTS) is 1. The maximum Gasteiger partial charge on any atom is 0.336 e. The van der Waals surface area contributed by atoms with Gasteiger partial charge < -0.3 is 15.2 Å². The Bertz CT molecular complexity index is 1040. The molecule has 4 rings (SSSR count). The van der Waals surface area contributed by atoms with E-state index >= 15 is 0 Å². The number of rotatable bonds is 6. The topological polar surface area (TPSA) is 88.1 Å². The van der Waals surface area contributed by atoms with Crippen LogP contribution >= 0.6 is 0 Å². The standard InChI is InChI=1S/C24H22N2O5/c1-30-19-14-12-17(13-15-19)25-23(27)20-21(16-8-4-2-5-9-16)26(31-22(20)24(28)29)18-10-6-3-7-11-18/h2-15,20-22H,1H3,(H,25,27)(H,28,29)/t20-,21-,22-/m1/s1. The second-order valence-corrected chi connectivity index (χ2v) is 7.12. The molecule has 3 atom stereocenters. The molecule has 1 fully saturated rings. The fourth-order valence-corrected chi connectivity index (χ4v) is 3.73. The van der Waals surface area contributed by atoms with Crippen molar-refractivity contribution in [2.75, 3.05) is 17.5 Å². The van der Waals surface area contributed by atoms with E-state index in [4.69, 9.17) is 9.57 Å². The van der Waals surface area contributed by atoms with Crippen LogP contribution < -0.4 is 15.1 Å². The number of anilines is 2. The largest absolute Gasteiger partial charge is 0.497 e. The quantitative estimate of drug-likeness (QED) is 0.631. The lowest BCUT2D eigenvalue weighted by atomic mass is 9.88. The van der Waals surface area contributed by atoms with Gasteiger partial charge in [0.15, 0.2) is 6.10 Å². The van der Waals surface area contributed by atoms with E-state index in [0.29, 0.717) is 17.1 Å². The van der Waals surface area contributed by atoms with Crippen molar-refractivity contribution >= 4 is 23.3 Å². The highest BCUT2D eigenvalue weighted by Gasteiger charge is 2.52. The Morgan fingerprint density at radius 3 is 2.13 bits per heavy atom. The van der Waals surface area contributed by atoms with Crippen LogP contribution in [0.3, 0.4) is 0 Å². The van der Waals surface area contributed by atoms with Gasteiger partial charge in [0.25, 0.3) is 0 Å². The van der Waals surface area contributed by atoms with Crippen LogP contribution in [0, 0.1) is 5.92 Å². The van der Waals surface area contributed by atoms with Crippen molar-refractivity contribution in [3.8, 4) is 5.75 Å². The van der Waals surface area contributed by atoms with Crippen molar-refractivity contribution in [2.45, 2.75) is 12.1 Å². The normalized spacial score (nSPS) is 20.3. The molecule has 1 saturated heterocycles. The predicted octanol–water partition coefficient (Wildman–Crippen LogP) is 3.90. The number of hydroxylamine groups is 1. The summed E-state index contributed by atoms with van der Waals surface area (Å²) in [6.45, 7) is 0. The van der Waals surface area contributed by atoms with E-state index in [1.807, 2.05) is 60.7 Å². The molecular formula is C24H22N2O5. The van der Waals surface area contributed by atoms with Crippen LogP contribution in [0.25, 0.3) is 0 Å². The summed E-state index contributed by atoms with van der Waals surface area (Å²) in [4.78, 5) is 31.2. The van der Waals surface area contributed by atoms with E-state index in [1.54, 1.807) is 31.4 Å². The molecule has 0 aliphatic carbocycles. The van der Waals surface area contributed by atoms with Gasteiger partial charge in [0.05, 0.1) is 18.8 Å². The second kappa shape index (κ2) is 8.89. The molecule has 0 bridgehead atoms. The number of aliphatic carboxylic acids is 1. The third-order valence-corrected chi connectivity index (χ3v) is 5.20. The smallest absolute Gasteiger partial charge is 0.336 e. The Hall–Kier alpha value is -3.84. The average molecular weight is 418 g/mol. The average Bonchev–Trinajstić information content (AvgIpc) is 3.22. The number of hydrogen-bond donors (Lipinski definition) is 2. The lowest BCUT2D eigenvalue weighted by Crippen LogP contribution is -2.37. The van der Waals surface area contributed by atoms with Crippen LogP contribution in [-0.2, 0) is 14.4 Å².